The Balaban J connectivity index is 1.47. The summed E-state index contributed by atoms with van der Waals surface area (Å²) in [5.74, 6) is -1.06. The SMILES string of the molecule is O=C(OCC(=O)N1CCN(c2ccc(F)cc2)CC1)c1cccnc1. The number of carbonyl (C=O) groups is 2. The Kier molecular flexibility index (Phi) is 5.23. The molecule has 3 rings (SSSR count). The first-order chi connectivity index (χ1) is 12.1. The topological polar surface area (TPSA) is 62.7 Å². The normalized spacial score (nSPS) is 14.3. The Morgan fingerprint density at radius 3 is 2.44 bits per heavy atom. The van der Waals surface area contributed by atoms with E-state index in [9.17, 15) is 14.0 Å². The van der Waals surface area contributed by atoms with Gasteiger partial charge in [0.15, 0.2) is 6.61 Å². The lowest BCUT2D eigenvalue weighted by atomic mass is 10.2. The minimum atomic E-state index is -0.564. The van der Waals surface area contributed by atoms with Crippen molar-refractivity contribution in [2.75, 3.05) is 37.7 Å². The number of hydrogen-bond donors (Lipinski definition) is 0. The van der Waals surface area contributed by atoms with Crippen molar-refractivity contribution in [2.45, 2.75) is 0 Å². The number of amides is 1. The first kappa shape index (κ1) is 16.9. The molecule has 1 aliphatic rings. The molecule has 1 aliphatic heterocycles. The first-order valence-electron chi connectivity index (χ1n) is 7.99. The Bertz CT molecular complexity index is 729. The van der Waals surface area contributed by atoms with Crippen molar-refractivity contribution < 1.29 is 18.7 Å². The maximum absolute atomic E-state index is 13.0. The molecule has 1 amide bonds. The second-order valence-corrected chi connectivity index (χ2v) is 5.66. The third-order valence-corrected chi connectivity index (χ3v) is 4.05. The summed E-state index contributed by atoms with van der Waals surface area (Å²) in [4.78, 5) is 31.6. The smallest absolute Gasteiger partial charge is 0.340 e. The van der Waals surface area contributed by atoms with Gasteiger partial charge in [-0.2, -0.15) is 0 Å². The van der Waals surface area contributed by atoms with Crippen LogP contribution in [0.15, 0.2) is 48.8 Å². The van der Waals surface area contributed by atoms with Crippen LogP contribution in [-0.4, -0.2) is 54.5 Å². The number of benzene rings is 1. The van der Waals surface area contributed by atoms with Gasteiger partial charge in [-0.1, -0.05) is 0 Å². The van der Waals surface area contributed by atoms with E-state index in [4.69, 9.17) is 4.74 Å². The van der Waals surface area contributed by atoms with Gasteiger partial charge in [0.2, 0.25) is 0 Å². The number of carbonyl (C=O) groups excluding carboxylic acids is 2. The monoisotopic (exact) mass is 343 g/mol. The molecule has 0 radical (unpaired) electrons. The Hall–Kier alpha value is -2.96. The molecule has 6 nitrogen and oxygen atoms in total. The molecule has 1 fully saturated rings. The zero-order valence-electron chi connectivity index (χ0n) is 13.6. The number of pyridine rings is 1. The van der Waals surface area contributed by atoms with Gasteiger partial charge in [0, 0.05) is 44.3 Å². The fraction of sp³-hybridized carbons (Fsp3) is 0.278. The zero-order valence-corrected chi connectivity index (χ0v) is 13.6. The molecule has 25 heavy (non-hydrogen) atoms. The molecule has 1 aromatic carbocycles. The summed E-state index contributed by atoms with van der Waals surface area (Å²) in [7, 11) is 0. The van der Waals surface area contributed by atoms with Gasteiger partial charge >= 0.3 is 5.97 Å². The van der Waals surface area contributed by atoms with Crippen LogP contribution in [0.2, 0.25) is 0 Å². The van der Waals surface area contributed by atoms with Gasteiger partial charge in [-0.3, -0.25) is 9.78 Å². The molecule has 0 aliphatic carbocycles. The van der Waals surface area contributed by atoms with E-state index >= 15 is 0 Å². The lowest BCUT2D eigenvalue weighted by Crippen LogP contribution is -2.49. The minimum absolute atomic E-state index is 0.226. The highest BCUT2D eigenvalue weighted by atomic mass is 19.1. The third-order valence-electron chi connectivity index (χ3n) is 4.05. The average molecular weight is 343 g/mol. The summed E-state index contributed by atoms with van der Waals surface area (Å²) < 4.78 is 18.0. The number of aromatic nitrogens is 1. The number of hydrogen-bond acceptors (Lipinski definition) is 5. The van der Waals surface area contributed by atoms with Crippen LogP contribution in [0.5, 0.6) is 0 Å². The summed E-state index contributed by atoms with van der Waals surface area (Å²) in [5.41, 5.74) is 1.24. The van der Waals surface area contributed by atoms with Crippen LogP contribution in [0.3, 0.4) is 0 Å². The number of rotatable bonds is 4. The van der Waals surface area contributed by atoms with E-state index in [0.717, 1.165) is 5.69 Å². The number of piperazine rings is 1. The number of halogens is 1. The van der Waals surface area contributed by atoms with E-state index in [1.165, 1.54) is 18.3 Å². The van der Waals surface area contributed by atoms with Crippen molar-refractivity contribution in [2.24, 2.45) is 0 Å². The second kappa shape index (κ2) is 7.74. The quantitative estimate of drug-likeness (QED) is 0.791. The largest absolute Gasteiger partial charge is 0.452 e. The van der Waals surface area contributed by atoms with Crippen molar-refractivity contribution >= 4 is 17.6 Å². The summed E-state index contributed by atoms with van der Waals surface area (Å²) in [6, 6.07) is 9.51. The van der Waals surface area contributed by atoms with Gasteiger partial charge < -0.3 is 14.5 Å². The van der Waals surface area contributed by atoms with Gasteiger partial charge in [-0.15, -0.1) is 0 Å². The molecule has 0 unspecified atom stereocenters. The van der Waals surface area contributed by atoms with Crippen LogP contribution in [-0.2, 0) is 9.53 Å². The van der Waals surface area contributed by atoms with Gasteiger partial charge in [-0.25, -0.2) is 9.18 Å². The van der Waals surface area contributed by atoms with E-state index < -0.39 is 5.97 Å². The van der Waals surface area contributed by atoms with Crippen LogP contribution in [0.4, 0.5) is 10.1 Å². The summed E-state index contributed by atoms with van der Waals surface area (Å²) in [6.45, 7) is 2.06. The van der Waals surface area contributed by atoms with Crippen molar-refractivity contribution in [3.05, 3.63) is 60.2 Å². The van der Waals surface area contributed by atoms with E-state index in [1.807, 2.05) is 0 Å². The molecule has 1 saturated heterocycles. The van der Waals surface area contributed by atoms with E-state index in [2.05, 4.69) is 9.88 Å². The summed E-state index contributed by atoms with van der Waals surface area (Å²) in [5, 5.41) is 0. The molecule has 1 aromatic heterocycles. The summed E-state index contributed by atoms with van der Waals surface area (Å²) >= 11 is 0. The fourth-order valence-electron chi connectivity index (χ4n) is 2.65. The highest BCUT2D eigenvalue weighted by molar-refractivity contribution is 5.91. The van der Waals surface area contributed by atoms with Crippen molar-refractivity contribution in [3.8, 4) is 0 Å². The molecule has 0 N–H and O–H groups in total. The molecule has 0 atom stereocenters. The molecule has 2 heterocycles. The number of esters is 1. The van der Waals surface area contributed by atoms with E-state index in [-0.39, 0.29) is 18.3 Å². The van der Waals surface area contributed by atoms with Gasteiger partial charge in [0.05, 0.1) is 5.56 Å². The zero-order chi connectivity index (χ0) is 17.6. The maximum atomic E-state index is 13.0. The van der Waals surface area contributed by atoms with Gasteiger partial charge in [0.1, 0.15) is 5.82 Å². The molecule has 0 bridgehead atoms. The number of nitrogens with zero attached hydrogens (tertiary/aromatic N) is 3. The van der Waals surface area contributed by atoms with E-state index in [0.29, 0.717) is 31.7 Å². The predicted octanol–water partition coefficient (Wildman–Crippen LogP) is 1.73. The van der Waals surface area contributed by atoms with Crippen molar-refractivity contribution in [1.29, 1.82) is 0 Å². The van der Waals surface area contributed by atoms with Crippen molar-refractivity contribution in [3.63, 3.8) is 0 Å². The van der Waals surface area contributed by atoms with Crippen LogP contribution < -0.4 is 4.90 Å². The number of anilines is 1. The molecular weight excluding hydrogens is 325 g/mol. The highest BCUT2D eigenvalue weighted by Gasteiger charge is 2.22. The molecular formula is C18H18FN3O3. The van der Waals surface area contributed by atoms with E-state index in [1.54, 1.807) is 35.4 Å². The van der Waals surface area contributed by atoms with Gasteiger partial charge in [-0.05, 0) is 36.4 Å². The minimum Gasteiger partial charge on any atom is -0.452 e. The molecule has 130 valence electrons. The second-order valence-electron chi connectivity index (χ2n) is 5.66. The number of ether oxygens (including phenoxy) is 1. The highest BCUT2D eigenvalue weighted by Crippen LogP contribution is 2.17. The lowest BCUT2D eigenvalue weighted by molar-refractivity contribution is -0.134. The Morgan fingerprint density at radius 2 is 1.80 bits per heavy atom. The average Bonchev–Trinajstić information content (AvgIpc) is 2.67. The van der Waals surface area contributed by atoms with Crippen LogP contribution in [0.1, 0.15) is 10.4 Å². The third kappa shape index (κ3) is 4.32. The Morgan fingerprint density at radius 1 is 1.08 bits per heavy atom. The van der Waals surface area contributed by atoms with Crippen LogP contribution in [0, 0.1) is 5.82 Å². The standard InChI is InChI=1S/C18H18FN3O3/c19-15-3-5-16(6-4-15)21-8-10-22(11-9-21)17(23)13-25-18(24)14-2-1-7-20-12-14/h1-7,12H,8-11,13H2. The molecule has 7 heteroatoms. The van der Waals surface area contributed by atoms with Crippen molar-refractivity contribution in [1.82, 2.24) is 9.88 Å². The van der Waals surface area contributed by atoms with Crippen LogP contribution >= 0.6 is 0 Å². The molecule has 0 spiro atoms. The molecule has 2 aromatic rings. The fourth-order valence-corrected chi connectivity index (χ4v) is 2.65. The molecule has 0 saturated carbocycles. The lowest BCUT2D eigenvalue weighted by Gasteiger charge is -2.36. The first-order valence-corrected chi connectivity index (χ1v) is 7.99. The summed E-state index contributed by atoms with van der Waals surface area (Å²) in [6.07, 6.45) is 2.96. The van der Waals surface area contributed by atoms with Gasteiger partial charge in [0.25, 0.3) is 5.91 Å². The predicted molar refractivity (Wildman–Crippen MR) is 89.7 cm³/mol. The van der Waals surface area contributed by atoms with Crippen LogP contribution in [0.25, 0.3) is 0 Å². The maximum Gasteiger partial charge on any atom is 0.340 e. The Labute approximate surface area is 144 Å².